The SMILES string of the molecule is COc1ccc(C2(O)CC3COCC(C2)N3C)cc1C. The number of piperidine rings is 1. The van der Waals surface area contributed by atoms with E-state index in [1.54, 1.807) is 7.11 Å². The van der Waals surface area contributed by atoms with E-state index < -0.39 is 5.60 Å². The van der Waals surface area contributed by atoms with Gasteiger partial charge in [0.1, 0.15) is 5.75 Å². The number of aliphatic hydroxyl groups is 1. The van der Waals surface area contributed by atoms with Gasteiger partial charge in [-0.2, -0.15) is 0 Å². The largest absolute Gasteiger partial charge is 0.496 e. The van der Waals surface area contributed by atoms with E-state index >= 15 is 0 Å². The van der Waals surface area contributed by atoms with Gasteiger partial charge in [0.15, 0.2) is 0 Å². The first-order valence-corrected chi connectivity index (χ1v) is 7.21. The molecule has 110 valence electrons. The van der Waals surface area contributed by atoms with Crippen molar-refractivity contribution in [2.45, 2.75) is 37.5 Å². The summed E-state index contributed by atoms with van der Waals surface area (Å²) in [6.07, 6.45) is 1.46. The molecule has 20 heavy (non-hydrogen) atoms. The van der Waals surface area contributed by atoms with E-state index in [2.05, 4.69) is 18.0 Å². The minimum absolute atomic E-state index is 0.301. The van der Waals surface area contributed by atoms with Crippen LogP contribution in [0, 0.1) is 6.92 Å². The fourth-order valence-electron chi connectivity index (χ4n) is 3.55. The summed E-state index contributed by atoms with van der Waals surface area (Å²) in [4.78, 5) is 2.36. The Kier molecular flexibility index (Phi) is 3.48. The molecule has 0 aliphatic carbocycles. The van der Waals surface area contributed by atoms with Gasteiger partial charge in [0, 0.05) is 12.1 Å². The van der Waals surface area contributed by atoms with Crippen molar-refractivity contribution in [3.8, 4) is 5.75 Å². The lowest BCUT2D eigenvalue weighted by atomic mass is 9.77. The molecule has 1 N–H and O–H groups in total. The Morgan fingerprint density at radius 2 is 1.95 bits per heavy atom. The van der Waals surface area contributed by atoms with E-state index in [4.69, 9.17) is 9.47 Å². The van der Waals surface area contributed by atoms with Crippen LogP contribution >= 0.6 is 0 Å². The summed E-state index contributed by atoms with van der Waals surface area (Å²) in [5.74, 6) is 0.869. The Bertz CT molecular complexity index is 488. The number of hydrogen-bond acceptors (Lipinski definition) is 4. The van der Waals surface area contributed by atoms with E-state index in [-0.39, 0.29) is 0 Å². The number of ether oxygens (including phenoxy) is 2. The van der Waals surface area contributed by atoms with Crippen LogP contribution in [0.4, 0.5) is 0 Å². The average Bonchev–Trinajstić information content (AvgIpc) is 2.41. The summed E-state index contributed by atoms with van der Waals surface area (Å²) in [6.45, 7) is 3.44. The summed E-state index contributed by atoms with van der Waals surface area (Å²) < 4.78 is 10.9. The molecule has 1 aromatic rings. The number of methoxy groups -OCH3 is 1. The molecule has 2 unspecified atom stereocenters. The molecule has 4 heteroatoms. The van der Waals surface area contributed by atoms with Gasteiger partial charge in [-0.3, -0.25) is 4.90 Å². The van der Waals surface area contributed by atoms with Gasteiger partial charge >= 0.3 is 0 Å². The molecule has 2 aliphatic rings. The Hall–Kier alpha value is -1.10. The lowest BCUT2D eigenvalue weighted by Gasteiger charge is -2.50. The van der Waals surface area contributed by atoms with E-state index in [9.17, 15) is 5.11 Å². The molecule has 0 saturated carbocycles. The maximum atomic E-state index is 11.1. The quantitative estimate of drug-likeness (QED) is 0.893. The van der Waals surface area contributed by atoms with Crippen LogP contribution in [0.15, 0.2) is 18.2 Å². The number of likely N-dealkylation sites (N-methyl/N-ethyl adjacent to an activating group) is 1. The first-order chi connectivity index (χ1) is 9.53. The van der Waals surface area contributed by atoms with Gasteiger partial charge in [-0.15, -0.1) is 0 Å². The fourth-order valence-corrected chi connectivity index (χ4v) is 3.55. The Morgan fingerprint density at radius 1 is 1.30 bits per heavy atom. The molecular weight excluding hydrogens is 254 g/mol. The Morgan fingerprint density at radius 3 is 2.50 bits per heavy atom. The molecule has 0 radical (unpaired) electrons. The van der Waals surface area contributed by atoms with E-state index in [1.165, 1.54) is 0 Å². The summed E-state index contributed by atoms with van der Waals surface area (Å²) >= 11 is 0. The second kappa shape index (κ2) is 5.02. The minimum atomic E-state index is -0.747. The summed E-state index contributed by atoms with van der Waals surface area (Å²) in [5.41, 5.74) is 1.32. The zero-order valence-corrected chi connectivity index (χ0v) is 12.4. The number of benzene rings is 1. The van der Waals surface area contributed by atoms with Crippen LogP contribution in [-0.2, 0) is 10.3 Å². The molecule has 0 aromatic heterocycles. The smallest absolute Gasteiger partial charge is 0.121 e. The normalized spacial score (nSPS) is 34.0. The minimum Gasteiger partial charge on any atom is -0.496 e. The van der Waals surface area contributed by atoms with Crippen LogP contribution in [0.2, 0.25) is 0 Å². The van der Waals surface area contributed by atoms with Crippen molar-refractivity contribution in [2.75, 3.05) is 27.4 Å². The number of rotatable bonds is 2. The van der Waals surface area contributed by atoms with Gasteiger partial charge in [-0.05, 0) is 50.1 Å². The number of hydrogen-bond donors (Lipinski definition) is 1. The van der Waals surface area contributed by atoms with Crippen LogP contribution < -0.4 is 4.74 Å². The highest BCUT2D eigenvalue weighted by Crippen LogP contribution is 2.41. The standard InChI is InChI=1S/C16H23NO3/c1-11-6-12(4-5-15(11)19-3)16(18)7-13-9-20-10-14(8-16)17(13)2/h4-6,13-14,18H,7-10H2,1-3H3. The number of fused-ring (bicyclic) bond motifs is 2. The summed E-state index contributed by atoms with van der Waals surface area (Å²) in [7, 11) is 3.81. The van der Waals surface area contributed by atoms with Crippen molar-refractivity contribution in [3.05, 3.63) is 29.3 Å². The molecule has 2 aliphatic heterocycles. The van der Waals surface area contributed by atoms with Crippen molar-refractivity contribution in [1.29, 1.82) is 0 Å². The lowest BCUT2D eigenvalue weighted by molar-refractivity contribution is -0.137. The van der Waals surface area contributed by atoms with Crippen LogP contribution in [-0.4, -0.2) is 49.5 Å². The van der Waals surface area contributed by atoms with Gasteiger partial charge in [-0.25, -0.2) is 0 Å². The van der Waals surface area contributed by atoms with Gasteiger partial charge in [0.2, 0.25) is 0 Å². The van der Waals surface area contributed by atoms with Crippen molar-refractivity contribution >= 4 is 0 Å². The average molecular weight is 277 g/mol. The molecule has 2 heterocycles. The molecular formula is C16H23NO3. The topological polar surface area (TPSA) is 41.9 Å². The Balaban J connectivity index is 1.91. The van der Waals surface area contributed by atoms with Gasteiger partial charge in [0.25, 0.3) is 0 Å². The third-order valence-corrected chi connectivity index (χ3v) is 4.85. The molecule has 2 saturated heterocycles. The third-order valence-electron chi connectivity index (χ3n) is 4.85. The van der Waals surface area contributed by atoms with Gasteiger partial charge < -0.3 is 14.6 Å². The Labute approximate surface area is 120 Å². The van der Waals surface area contributed by atoms with Gasteiger partial charge in [0.05, 0.1) is 25.9 Å². The summed E-state index contributed by atoms with van der Waals surface area (Å²) in [6, 6.07) is 6.60. The second-order valence-electron chi connectivity index (χ2n) is 6.13. The monoisotopic (exact) mass is 277 g/mol. The zero-order chi connectivity index (χ0) is 14.3. The molecule has 2 bridgehead atoms. The van der Waals surface area contributed by atoms with Crippen LogP contribution in [0.3, 0.4) is 0 Å². The molecule has 0 spiro atoms. The number of nitrogens with zero attached hydrogens (tertiary/aromatic N) is 1. The first-order valence-electron chi connectivity index (χ1n) is 7.21. The van der Waals surface area contributed by atoms with E-state index in [1.807, 2.05) is 19.1 Å². The number of aryl methyl sites for hydroxylation is 1. The molecule has 0 amide bonds. The predicted molar refractivity (Wildman–Crippen MR) is 77.0 cm³/mol. The van der Waals surface area contributed by atoms with Crippen molar-refractivity contribution < 1.29 is 14.6 Å². The second-order valence-corrected chi connectivity index (χ2v) is 6.13. The molecule has 2 atom stereocenters. The fraction of sp³-hybridized carbons (Fsp3) is 0.625. The zero-order valence-electron chi connectivity index (χ0n) is 12.4. The maximum absolute atomic E-state index is 11.1. The van der Waals surface area contributed by atoms with Crippen LogP contribution in [0.1, 0.15) is 24.0 Å². The van der Waals surface area contributed by atoms with Crippen molar-refractivity contribution in [3.63, 3.8) is 0 Å². The predicted octanol–water partition coefficient (Wildman–Crippen LogP) is 1.68. The highest BCUT2D eigenvalue weighted by molar-refractivity contribution is 5.39. The highest BCUT2D eigenvalue weighted by Gasteiger charge is 2.45. The molecule has 3 rings (SSSR count). The van der Waals surface area contributed by atoms with E-state index in [0.29, 0.717) is 25.3 Å². The van der Waals surface area contributed by atoms with Gasteiger partial charge in [-0.1, -0.05) is 6.07 Å². The van der Waals surface area contributed by atoms with E-state index in [0.717, 1.165) is 29.7 Å². The third kappa shape index (κ3) is 2.22. The van der Waals surface area contributed by atoms with Crippen LogP contribution in [0.5, 0.6) is 5.75 Å². The highest BCUT2D eigenvalue weighted by atomic mass is 16.5. The molecule has 2 fully saturated rings. The maximum Gasteiger partial charge on any atom is 0.121 e. The van der Waals surface area contributed by atoms with Crippen molar-refractivity contribution in [2.24, 2.45) is 0 Å². The molecule has 4 nitrogen and oxygen atoms in total. The van der Waals surface area contributed by atoms with Crippen LogP contribution in [0.25, 0.3) is 0 Å². The summed E-state index contributed by atoms with van der Waals surface area (Å²) in [5, 5.41) is 11.1. The number of morpholine rings is 1. The first kappa shape index (κ1) is 13.9. The lowest BCUT2D eigenvalue weighted by Crippen LogP contribution is -2.59. The molecule has 1 aromatic carbocycles. The van der Waals surface area contributed by atoms with Crippen molar-refractivity contribution in [1.82, 2.24) is 4.90 Å².